The van der Waals surface area contributed by atoms with Crippen molar-refractivity contribution >= 4 is 0 Å². The number of hydrogen-bond donors (Lipinski definition) is 1. The lowest BCUT2D eigenvalue weighted by atomic mass is 9.96. The first-order valence-corrected chi connectivity index (χ1v) is 6.71. The topological polar surface area (TPSA) is 26.0 Å². The van der Waals surface area contributed by atoms with Gasteiger partial charge >= 0.3 is 12.4 Å². The predicted molar refractivity (Wildman–Crippen MR) is 74.6 cm³/mol. The van der Waals surface area contributed by atoms with Gasteiger partial charge in [-0.25, -0.2) is 0 Å². The third-order valence-electron chi connectivity index (χ3n) is 3.37. The van der Waals surface area contributed by atoms with Gasteiger partial charge in [0.1, 0.15) is 0 Å². The van der Waals surface area contributed by atoms with Crippen LogP contribution in [0.4, 0.5) is 26.3 Å². The van der Waals surface area contributed by atoms with Gasteiger partial charge < -0.3 is 5.73 Å². The number of nitrogens with two attached hydrogens (primary N) is 1. The van der Waals surface area contributed by atoms with Crippen LogP contribution in [0, 0.1) is 0 Å². The Hall–Kier alpha value is -2.02. The summed E-state index contributed by atoms with van der Waals surface area (Å²) < 4.78 is 76.9. The van der Waals surface area contributed by atoms with E-state index in [1.54, 1.807) is 0 Å². The van der Waals surface area contributed by atoms with Gasteiger partial charge in [0, 0.05) is 0 Å². The maximum atomic E-state index is 13.1. The molecular weight excluding hydrogens is 320 g/mol. The molecule has 2 aromatic carbocycles. The molecule has 2 rings (SSSR count). The number of hydrogen-bond acceptors (Lipinski definition) is 1. The van der Waals surface area contributed by atoms with Gasteiger partial charge in [0.15, 0.2) is 0 Å². The van der Waals surface area contributed by atoms with Crippen LogP contribution in [0.3, 0.4) is 0 Å². The Morgan fingerprint density at radius 1 is 0.739 bits per heavy atom. The Kier molecular flexibility index (Phi) is 4.70. The average molecular weight is 333 g/mol. The van der Waals surface area contributed by atoms with Crippen molar-refractivity contribution in [3.63, 3.8) is 0 Å². The van der Waals surface area contributed by atoms with E-state index in [4.69, 9.17) is 5.73 Å². The van der Waals surface area contributed by atoms with Crippen molar-refractivity contribution in [3.05, 3.63) is 59.2 Å². The van der Waals surface area contributed by atoms with Gasteiger partial charge in [0.05, 0.1) is 11.1 Å². The minimum atomic E-state index is -4.55. The maximum Gasteiger partial charge on any atom is 0.416 e. The summed E-state index contributed by atoms with van der Waals surface area (Å²) in [6.07, 6.45) is -8.96. The van der Waals surface area contributed by atoms with Crippen LogP contribution < -0.4 is 5.73 Å². The molecule has 124 valence electrons. The molecule has 0 heterocycles. The summed E-state index contributed by atoms with van der Waals surface area (Å²) in [5.74, 6) is 0. The monoisotopic (exact) mass is 333 g/mol. The standard InChI is InChI=1S/C16H13F6N/c17-15(18,19)13-5-3-10(4-6-13)12-2-1-11(7-8-23)14(9-12)16(20,21)22/h1-6,9H,7-8,23H2. The van der Waals surface area contributed by atoms with Gasteiger partial charge in [-0.3, -0.25) is 0 Å². The van der Waals surface area contributed by atoms with E-state index in [9.17, 15) is 26.3 Å². The third-order valence-corrected chi connectivity index (χ3v) is 3.37. The number of halogens is 6. The fraction of sp³-hybridized carbons (Fsp3) is 0.250. The summed E-state index contributed by atoms with van der Waals surface area (Å²) in [6, 6.07) is 7.69. The molecule has 7 heteroatoms. The number of rotatable bonds is 3. The van der Waals surface area contributed by atoms with E-state index < -0.39 is 23.5 Å². The van der Waals surface area contributed by atoms with E-state index in [2.05, 4.69) is 0 Å². The molecule has 0 fully saturated rings. The molecule has 0 aliphatic rings. The van der Waals surface area contributed by atoms with Crippen molar-refractivity contribution in [1.82, 2.24) is 0 Å². The molecule has 2 aromatic rings. The summed E-state index contributed by atoms with van der Waals surface area (Å²) in [6.45, 7) is 0.0721. The van der Waals surface area contributed by atoms with Crippen molar-refractivity contribution in [2.75, 3.05) is 6.54 Å². The number of benzene rings is 2. The molecule has 0 aliphatic carbocycles. The fourth-order valence-corrected chi connectivity index (χ4v) is 2.25. The number of alkyl halides is 6. The van der Waals surface area contributed by atoms with E-state index in [-0.39, 0.29) is 29.7 Å². The molecular formula is C16H13F6N. The lowest BCUT2D eigenvalue weighted by Crippen LogP contribution is -2.12. The highest BCUT2D eigenvalue weighted by Gasteiger charge is 2.33. The zero-order valence-corrected chi connectivity index (χ0v) is 11.8. The SMILES string of the molecule is NCCc1ccc(-c2ccc(C(F)(F)F)cc2)cc1C(F)(F)F. The molecule has 0 spiro atoms. The highest BCUT2D eigenvalue weighted by Crippen LogP contribution is 2.36. The van der Waals surface area contributed by atoms with Crippen molar-refractivity contribution in [1.29, 1.82) is 0 Å². The smallest absolute Gasteiger partial charge is 0.330 e. The largest absolute Gasteiger partial charge is 0.416 e. The van der Waals surface area contributed by atoms with Gasteiger partial charge in [-0.1, -0.05) is 24.3 Å². The predicted octanol–water partition coefficient (Wildman–Crippen LogP) is 4.89. The first-order chi connectivity index (χ1) is 10.6. The molecule has 0 bridgehead atoms. The second-order valence-corrected chi connectivity index (χ2v) is 4.98. The molecule has 0 radical (unpaired) electrons. The minimum Gasteiger partial charge on any atom is -0.330 e. The molecule has 0 aliphatic heterocycles. The first-order valence-electron chi connectivity index (χ1n) is 6.71. The van der Waals surface area contributed by atoms with Crippen LogP contribution in [0.1, 0.15) is 16.7 Å². The lowest BCUT2D eigenvalue weighted by Gasteiger charge is -2.15. The average Bonchev–Trinajstić information content (AvgIpc) is 2.46. The van der Waals surface area contributed by atoms with Gasteiger partial charge in [-0.05, 0) is 47.9 Å². The van der Waals surface area contributed by atoms with Crippen molar-refractivity contribution in [2.24, 2.45) is 5.73 Å². The molecule has 0 saturated carbocycles. The van der Waals surface area contributed by atoms with E-state index in [1.165, 1.54) is 12.1 Å². The quantitative estimate of drug-likeness (QED) is 0.795. The first kappa shape index (κ1) is 17.3. The Morgan fingerprint density at radius 3 is 1.78 bits per heavy atom. The fourth-order valence-electron chi connectivity index (χ4n) is 2.25. The van der Waals surface area contributed by atoms with Crippen molar-refractivity contribution in [2.45, 2.75) is 18.8 Å². The molecule has 0 saturated heterocycles. The second-order valence-electron chi connectivity index (χ2n) is 4.98. The molecule has 23 heavy (non-hydrogen) atoms. The van der Waals surface area contributed by atoms with Gasteiger partial charge in [0.2, 0.25) is 0 Å². The van der Waals surface area contributed by atoms with Crippen LogP contribution >= 0.6 is 0 Å². The zero-order chi connectivity index (χ0) is 17.3. The van der Waals surface area contributed by atoms with E-state index in [1.807, 2.05) is 0 Å². The molecule has 2 N–H and O–H groups in total. The summed E-state index contributed by atoms with van der Waals surface area (Å²) in [4.78, 5) is 0. The van der Waals surface area contributed by atoms with E-state index in [0.717, 1.165) is 30.3 Å². The van der Waals surface area contributed by atoms with Crippen LogP contribution in [-0.4, -0.2) is 6.54 Å². The normalized spacial score (nSPS) is 12.5. The Balaban J connectivity index is 2.44. The molecule has 0 unspecified atom stereocenters. The summed E-state index contributed by atoms with van der Waals surface area (Å²) in [5, 5.41) is 0. The lowest BCUT2D eigenvalue weighted by molar-refractivity contribution is -0.138. The zero-order valence-electron chi connectivity index (χ0n) is 11.8. The third kappa shape index (κ3) is 4.04. The van der Waals surface area contributed by atoms with Crippen LogP contribution in [0.5, 0.6) is 0 Å². The van der Waals surface area contributed by atoms with Crippen LogP contribution in [0.25, 0.3) is 11.1 Å². The molecule has 0 amide bonds. The van der Waals surface area contributed by atoms with Crippen LogP contribution in [0.2, 0.25) is 0 Å². The Bertz CT molecular complexity index is 670. The van der Waals surface area contributed by atoms with Crippen molar-refractivity contribution in [3.8, 4) is 11.1 Å². The summed E-state index contributed by atoms with van der Waals surface area (Å²) in [7, 11) is 0. The molecule has 1 nitrogen and oxygen atoms in total. The summed E-state index contributed by atoms with van der Waals surface area (Å²) in [5.41, 5.74) is 4.18. The Labute approximate surface area is 128 Å². The van der Waals surface area contributed by atoms with Crippen LogP contribution in [-0.2, 0) is 18.8 Å². The second kappa shape index (κ2) is 6.23. The van der Waals surface area contributed by atoms with Gasteiger partial charge in [-0.2, -0.15) is 26.3 Å². The Morgan fingerprint density at radius 2 is 1.30 bits per heavy atom. The molecule has 0 aromatic heterocycles. The van der Waals surface area contributed by atoms with Gasteiger partial charge in [0.25, 0.3) is 0 Å². The van der Waals surface area contributed by atoms with E-state index >= 15 is 0 Å². The maximum absolute atomic E-state index is 13.1. The van der Waals surface area contributed by atoms with Crippen molar-refractivity contribution < 1.29 is 26.3 Å². The van der Waals surface area contributed by atoms with Crippen LogP contribution in [0.15, 0.2) is 42.5 Å². The minimum absolute atomic E-state index is 0.0654. The van der Waals surface area contributed by atoms with Gasteiger partial charge in [-0.15, -0.1) is 0 Å². The highest BCUT2D eigenvalue weighted by molar-refractivity contribution is 5.65. The highest BCUT2D eigenvalue weighted by atomic mass is 19.4. The summed E-state index contributed by atoms with van der Waals surface area (Å²) >= 11 is 0. The van der Waals surface area contributed by atoms with E-state index in [0.29, 0.717) is 0 Å². The molecule has 0 atom stereocenters.